The molecule has 1 saturated heterocycles. The van der Waals surface area contributed by atoms with Crippen molar-refractivity contribution in [3.63, 3.8) is 0 Å². The van der Waals surface area contributed by atoms with Crippen molar-refractivity contribution in [1.29, 1.82) is 0 Å². The smallest absolute Gasteiger partial charge is 0.255 e. The van der Waals surface area contributed by atoms with Gasteiger partial charge in [-0.05, 0) is 49.7 Å². The highest BCUT2D eigenvalue weighted by Crippen LogP contribution is 2.38. The second-order valence-electron chi connectivity index (χ2n) is 6.71. The fourth-order valence-corrected chi connectivity index (χ4v) is 3.62. The van der Waals surface area contributed by atoms with Gasteiger partial charge in [-0.3, -0.25) is 4.79 Å². The number of nitrogens with zero attached hydrogens (tertiary/aromatic N) is 1. The van der Waals surface area contributed by atoms with Gasteiger partial charge < -0.3 is 15.4 Å². The second kappa shape index (κ2) is 7.05. The first-order valence-electron chi connectivity index (χ1n) is 8.32. The highest BCUT2D eigenvalue weighted by atomic mass is 16.5. The summed E-state index contributed by atoms with van der Waals surface area (Å²) in [5, 5.41) is 0. The Balaban J connectivity index is 1.89. The van der Waals surface area contributed by atoms with E-state index in [-0.39, 0.29) is 12.0 Å². The third-order valence-electron chi connectivity index (χ3n) is 4.76. The lowest BCUT2D eigenvalue weighted by Gasteiger charge is -2.30. The van der Waals surface area contributed by atoms with Gasteiger partial charge in [0.25, 0.3) is 5.91 Å². The third-order valence-corrected chi connectivity index (χ3v) is 4.76. The Morgan fingerprint density at radius 2 is 2.00 bits per heavy atom. The Morgan fingerprint density at radius 1 is 1.21 bits per heavy atom. The summed E-state index contributed by atoms with van der Waals surface area (Å²) >= 11 is 0. The molecule has 0 aliphatic carbocycles. The molecule has 1 heterocycles. The molecule has 0 spiro atoms. The molecule has 0 aromatic heterocycles. The van der Waals surface area contributed by atoms with Gasteiger partial charge in [-0.1, -0.05) is 42.5 Å². The van der Waals surface area contributed by atoms with Crippen molar-refractivity contribution >= 4 is 5.91 Å². The zero-order valence-corrected chi connectivity index (χ0v) is 14.1. The van der Waals surface area contributed by atoms with Crippen molar-refractivity contribution in [2.75, 3.05) is 26.7 Å². The molecular formula is C20H24N2O2. The Morgan fingerprint density at radius 3 is 2.67 bits per heavy atom. The number of amides is 1. The molecule has 1 atom stereocenters. The predicted molar refractivity (Wildman–Crippen MR) is 95.1 cm³/mol. The maximum absolute atomic E-state index is 11.0. The summed E-state index contributed by atoms with van der Waals surface area (Å²) < 4.78 is 5.50. The van der Waals surface area contributed by atoms with Crippen LogP contribution in [0.3, 0.4) is 0 Å². The minimum absolute atomic E-state index is 0.0716. The number of benzene rings is 2. The van der Waals surface area contributed by atoms with E-state index >= 15 is 0 Å². The lowest BCUT2D eigenvalue weighted by Crippen LogP contribution is -2.32. The summed E-state index contributed by atoms with van der Waals surface area (Å²) in [6, 6.07) is 18.7. The van der Waals surface area contributed by atoms with Gasteiger partial charge in [0, 0.05) is 12.0 Å². The van der Waals surface area contributed by atoms with E-state index < -0.39 is 5.91 Å². The molecule has 24 heavy (non-hydrogen) atoms. The number of primary amides is 1. The first-order chi connectivity index (χ1) is 11.6. The number of ether oxygens (including phenoxy) is 1. The number of hydrogen-bond acceptors (Lipinski definition) is 3. The topological polar surface area (TPSA) is 55.6 Å². The quantitative estimate of drug-likeness (QED) is 0.887. The van der Waals surface area contributed by atoms with Crippen molar-refractivity contribution in [2.45, 2.75) is 18.3 Å². The Hall–Kier alpha value is -2.33. The summed E-state index contributed by atoms with van der Waals surface area (Å²) in [4.78, 5) is 13.3. The largest absolute Gasteiger partial charge is 0.484 e. The van der Waals surface area contributed by atoms with E-state index in [1.54, 1.807) is 0 Å². The van der Waals surface area contributed by atoms with Crippen LogP contribution >= 0.6 is 0 Å². The molecule has 2 aromatic carbocycles. The Labute approximate surface area is 143 Å². The Bertz CT molecular complexity index is 702. The third kappa shape index (κ3) is 3.77. The molecule has 1 aliphatic rings. The number of carbonyl (C=O) groups is 1. The van der Waals surface area contributed by atoms with E-state index in [2.05, 4.69) is 54.4 Å². The number of hydrogen-bond donors (Lipinski definition) is 1. The maximum Gasteiger partial charge on any atom is 0.255 e. The van der Waals surface area contributed by atoms with Gasteiger partial charge in [0.2, 0.25) is 0 Å². The standard InChI is InChI=1S/C20H24N2O2/c1-22-11-10-20(15-22,13-16-6-3-2-4-7-16)17-8-5-9-18(12-17)24-14-19(21)23/h2-9,12H,10-11,13-15H2,1H3,(H2,21,23). The second-order valence-corrected chi connectivity index (χ2v) is 6.71. The summed E-state index contributed by atoms with van der Waals surface area (Å²) in [7, 11) is 2.17. The van der Waals surface area contributed by atoms with Crippen LogP contribution in [0, 0.1) is 0 Å². The lowest BCUT2D eigenvalue weighted by atomic mass is 9.75. The molecule has 126 valence electrons. The van der Waals surface area contributed by atoms with E-state index in [1.165, 1.54) is 11.1 Å². The number of likely N-dealkylation sites (N-methyl/N-ethyl adjacent to an activating group) is 1. The van der Waals surface area contributed by atoms with E-state index in [1.807, 2.05) is 12.1 Å². The number of rotatable bonds is 6. The molecule has 1 amide bonds. The van der Waals surface area contributed by atoms with Crippen molar-refractivity contribution in [1.82, 2.24) is 4.90 Å². The predicted octanol–water partition coefficient (Wildman–Crippen LogP) is 2.37. The summed E-state index contributed by atoms with van der Waals surface area (Å²) in [6.07, 6.45) is 2.11. The first-order valence-corrected chi connectivity index (χ1v) is 8.32. The monoisotopic (exact) mass is 324 g/mol. The van der Waals surface area contributed by atoms with Gasteiger partial charge in [-0.15, -0.1) is 0 Å². The Kier molecular flexibility index (Phi) is 4.86. The molecule has 0 radical (unpaired) electrons. The van der Waals surface area contributed by atoms with Crippen LogP contribution < -0.4 is 10.5 Å². The minimum Gasteiger partial charge on any atom is -0.484 e. The van der Waals surface area contributed by atoms with E-state index in [4.69, 9.17) is 10.5 Å². The molecule has 1 unspecified atom stereocenters. The van der Waals surface area contributed by atoms with E-state index in [9.17, 15) is 4.79 Å². The molecule has 0 bridgehead atoms. The fourth-order valence-electron chi connectivity index (χ4n) is 3.62. The molecule has 4 nitrogen and oxygen atoms in total. The summed E-state index contributed by atoms with van der Waals surface area (Å²) in [5.41, 5.74) is 7.85. The van der Waals surface area contributed by atoms with Crippen LogP contribution in [0.1, 0.15) is 17.5 Å². The molecule has 3 rings (SSSR count). The highest BCUT2D eigenvalue weighted by molar-refractivity contribution is 5.75. The molecule has 2 N–H and O–H groups in total. The lowest BCUT2D eigenvalue weighted by molar-refractivity contribution is -0.119. The van der Waals surface area contributed by atoms with Gasteiger partial charge in [-0.25, -0.2) is 0 Å². The highest BCUT2D eigenvalue weighted by Gasteiger charge is 2.38. The van der Waals surface area contributed by atoms with Crippen LogP contribution in [0.2, 0.25) is 0 Å². The van der Waals surface area contributed by atoms with Gasteiger partial charge in [-0.2, -0.15) is 0 Å². The average Bonchev–Trinajstić information content (AvgIpc) is 2.96. The van der Waals surface area contributed by atoms with Crippen LogP contribution in [0.15, 0.2) is 54.6 Å². The SMILES string of the molecule is CN1CCC(Cc2ccccc2)(c2cccc(OCC(N)=O)c2)C1. The van der Waals surface area contributed by atoms with Crippen molar-refractivity contribution < 1.29 is 9.53 Å². The zero-order chi connectivity index (χ0) is 17.0. The summed E-state index contributed by atoms with van der Waals surface area (Å²) in [5.74, 6) is 0.244. The average molecular weight is 324 g/mol. The minimum atomic E-state index is -0.458. The van der Waals surface area contributed by atoms with Crippen molar-refractivity contribution in [3.8, 4) is 5.75 Å². The molecule has 1 fully saturated rings. The van der Waals surface area contributed by atoms with Crippen molar-refractivity contribution in [2.24, 2.45) is 5.73 Å². The van der Waals surface area contributed by atoms with Crippen LogP contribution in [-0.4, -0.2) is 37.6 Å². The van der Waals surface area contributed by atoms with Gasteiger partial charge in [0.1, 0.15) is 5.75 Å². The van der Waals surface area contributed by atoms with Crippen LogP contribution in [-0.2, 0) is 16.6 Å². The zero-order valence-electron chi connectivity index (χ0n) is 14.1. The molecule has 0 saturated carbocycles. The molecule has 1 aliphatic heterocycles. The fraction of sp³-hybridized carbons (Fsp3) is 0.350. The maximum atomic E-state index is 11.0. The molecular weight excluding hydrogens is 300 g/mol. The molecule has 2 aromatic rings. The van der Waals surface area contributed by atoms with Crippen LogP contribution in [0.25, 0.3) is 0 Å². The number of nitrogens with two attached hydrogens (primary N) is 1. The van der Waals surface area contributed by atoms with Crippen molar-refractivity contribution in [3.05, 3.63) is 65.7 Å². The number of carbonyl (C=O) groups excluding carboxylic acids is 1. The van der Waals surface area contributed by atoms with Gasteiger partial charge in [0.15, 0.2) is 6.61 Å². The van der Waals surface area contributed by atoms with E-state index in [0.717, 1.165) is 25.9 Å². The normalized spacial score (nSPS) is 20.9. The van der Waals surface area contributed by atoms with Crippen LogP contribution in [0.4, 0.5) is 0 Å². The summed E-state index contributed by atoms with van der Waals surface area (Å²) in [6.45, 7) is 2.01. The number of likely N-dealkylation sites (tertiary alicyclic amines) is 1. The van der Waals surface area contributed by atoms with E-state index in [0.29, 0.717) is 5.75 Å². The molecule has 4 heteroatoms. The van der Waals surface area contributed by atoms with Crippen LogP contribution in [0.5, 0.6) is 5.75 Å². The van der Waals surface area contributed by atoms with Gasteiger partial charge in [0.05, 0.1) is 0 Å². The first kappa shape index (κ1) is 16.5. The van der Waals surface area contributed by atoms with Gasteiger partial charge >= 0.3 is 0 Å².